The first kappa shape index (κ1) is 18.6. The molecule has 0 aliphatic heterocycles. The van der Waals surface area contributed by atoms with Crippen LogP contribution in [-0.2, 0) is 14.3 Å². The SMILES string of the molecule is CCOC(=O)C(C(=O)CC)=C(O)c1c(F)c(F)c(F)c(F)c1F. The Balaban J connectivity index is 3.76. The van der Waals surface area contributed by atoms with E-state index in [0.717, 1.165) is 0 Å². The van der Waals surface area contributed by atoms with Gasteiger partial charge in [0.2, 0.25) is 5.82 Å². The van der Waals surface area contributed by atoms with E-state index in [4.69, 9.17) is 0 Å². The second-order valence-electron chi connectivity index (χ2n) is 4.17. The molecule has 4 nitrogen and oxygen atoms in total. The van der Waals surface area contributed by atoms with Gasteiger partial charge in [-0.2, -0.15) is 0 Å². The number of aliphatic hydroxyl groups is 1. The molecule has 0 fully saturated rings. The summed E-state index contributed by atoms with van der Waals surface area (Å²) < 4.78 is 71.1. The zero-order chi connectivity index (χ0) is 17.9. The summed E-state index contributed by atoms with van der Waals surface area (Å²) in [5.74, 6) is -16.0. The van der Waals surface area contributed by atoms with Crippen molar-refractivity contribution < 1.29 is 41.4 Å². The van der Waals surface area contributed by atoms with Gasteiger partial charge >= 0.3 is 5.97 Å². The fourth-order valence-electron chi connectivity index (χ4n) is 1.66. The van der Waals surface area contributed by atoms with E-state index in [0.29, 0.717) is 0 Å². The van der Waals surface area contributed by atoms with Crippen LogP contribution < -0.4 is 0 Å². The maximum atomic E-state index is 13.7. The molecule has 1 N–H and O–H groups in total. The molecule has 0 unspecified atom stereocenters. The van der Waals surface area contributed by atoms with Crippen LogP contribution in [0.4, 0.5) is 22.0 Å². The summed E-state index contributed by atoms with van der Waals surface area (Å²) in [6.07, 6.45) is -0.381. The molecule has 0 saturated carbocycles. The number of carbonyl (C=O) groups is 2. The number of benzene rings is 1. The number of hydrogen-bond acceptors (Lipinski definition) is 4. The van der Waals surface area contributed by atoms with Crippen LogP contribution in [-0.4, -0.2) is 23.5 Å². The normalized spacial score (nSPS) is 12.0. The molecule has 9 heteroatoms. The van der Waals surface area contributed by atoms with Crippen LogP contribution >= 0.6 is 0 Å². The highest BCUT2D eigenvalue weighted by molar-refractivity contribution is 6.21. The predicted molar refractivity (Wildman–Crippen MR) is 67.7 cm³/mol. The maximum absolute atomic E-state index is 13.7. The molecule has 126 valence electrons. The fraction of sp³-hybridized carbons (Fsp3) is 0.286. The molecule has 0 heterocycles. The first-order chi connectivity index (χ1) is 10.7. The molecule has 0 atom stereocenters. The molecule has 0 spiro atoms. The van der Waals surface area contributed by atoms with E-state index in [9.17, 15) is 36.6 Å². The minimum absolute atomic E-state index is 0.246. The van der Waals surface area contributed by atoms with Gasteiger partial charge in [-0.25, -0.2) is 26.7 Å². The lowest BCUT2D eigenvalue weighted by Crippen LogP contribution is -2.19. The number of ether oxygens (including phenoxy) is 1. The molecule has 0 amide bonds. The van der Waals surface area contributed by atoms with Gasteiger partial charge < -0.3 is 9.84 Å². The third-order valence-corrected chi connectivity index (χ3v) is 2.76. The van der Waals surface area contributed by atoms with E-state index in [-0.39, 0.29) is 13.0 Å². The van der Waals surface area contributed by atoms with Crippen molar-refractivity contribution in [3.05, 3.63) is 40.2 Å². The Morgan fingerprint density at radius 2 is 1.35 bits per heavy atom. The molecule has 1 aromatic carbocycles. The summed E-state index contributed by atoms with van der Waals surface area (Å²) in [7, 11) is 0. The Kier molecular flexibility index (Phi) is 5.83. The molecule has 0 bridgehead atoms. The highest BCUT2D eigenvalue weighted by Gasteiger charge is 2.32. The van der Waals surface area contributed by atoms with Crippen molar-refractivity contribution in [1.82, 2.24) is 0 Å². The van der Waals surface area contributed by atoms with E-state index >= 15 is 0 Å². The van der Waals surface area contributed by atoms with Crippen molar-refractivity contribution in [3.8, 4) is 0 Å². The summed E-state index contributed by atoms with van der Waals surface area (Å²) in [5.41, 5.74) is -2.97. The molecule has 0 aromatic heterocycles. The van der Waals surface area contributed by atoms with Crippen LogP contribution in [0.15, 0.2) is 5.57 Å². The molecular formula is C14H11F5O4. The Morgan fingerprint density at radius 1 is 0.913 bits per heavy atom. The van der Waals surface area contributed by atoms with Gasteiger partial charge in [0.1, 0.15) is 11.3 Å². The highest BCUT2D eigenvalue weighted by atomic mass is 19.2. The lowest BCUT2D eigenvalue weighted by atomic mass is 10.0. The number of esters is 1. The lowest BCUT2D eigenvalue weighted by Gasteiger charge is -2.11. The topological polar surface area (TPSA) is 63.6 Å². The van der Waals surface area contributed by atoms with E-state index in [2.05, 4.69) is 4.74 Å². The van der Waals surface area contributed by atoms with Crippen molar-refractivity contribution in [2.45, 2.75) is 20.3 Å². The third kappa shape index (κ3) is 3.33. The number of Topliss-reactive ketones (excluding diaryl/α,β-unsaturated/α-hetero) is 1. The third-order valence-electron chi connectivity index (χ3n) is 2.76. The maximum Gasteiger partial charge on any atom is 0.345 e. The smallest absolute Gasteiger partial charge is 0.345 e. The number of aliphatic hydroxyl groups excluding tert-OH is 1. The van der Waals surface area contributed by atoms with Crippen LogP contribution in [0.1, 0.15) is 25.8 Å². The average molecular weight is 338 g/mol. The average Bonchev–Trinajstić information content (AvgIpc) is 2.51. The van der Waals surface area contributed by atoms with Crippen LogP contribution in [0.3, 0.4) is 0 Å². The number of ketones is 1. The van der Waals surface area contributed by atoms with E-state index in [1.54, 1.807) is 0 Å². The minimum Gasteiger partial charge on any atom is -0.506 e. The number of rotatable bonds is 5. The molecule has 23 heavy (non-hydrogen) atoms. The first-order valence-electron chi connectivity index (χ1n) is 6.34. The summed E-state index contributed by atoms with van der Waals surface area (Å²) in [4.78, 5) is 23.3. The van der Waals surface area contributed by atoms with Crippen molar-refractivity contribution in [2.24, 2.45) is 0 Å². The van der Waals surface area contributed by atoms with Gasteiger partial charge in [-0.05, 0) is 6.92 Å². The largest absolute Gasteiger partial charge is 0.506 e. The Labute approximate surface area is 127 Å². The molecule has 1 aromatic rings. The predicted octanol–water partition coefficient (Wildman–Crippen LogP) is 3.19. The standard InChI is InChI=1S/C14H11F5O4/c1-3-5(20)6(14(22)23-4-2)13(21)7-8(15)10(17)12(19)11(18)9(7)16/h21H,3-4H2,1-2H3. The summed E-state index contributed by atoms with van der Waals surface area (Å²) in [6, 6.07) is 0. The van der Waals surface area contributed by atoms with Gasteiger partial charge in [-0.3, -0.25) is 4.79 Å². The van der Waals surface area contributed by atoms with Crippen LogP contribution in [0.5, 0.6) is 0 Å². The van der Waals surface area contributed by atoms with Crippen LogP contribution in [0.25, 0.3) is 5.76 Å². The van der Waals surface area contributed by atoms with Gasteiger partial charge in [0.05, 0.1) is 12.2 Å². The monoisotopic (exact) mass is 338 g/mol. The molecular weight excluding hydrogens is 327 g/mol. The molecule has 0 aliphatic carbocycles. The second-order valence-corrected chi connectivity index (χ2v) is 4.17. The summed E-state index contributed by atoms with van der Waals surface area (Å²) in [6.45, 7) is 2.36. The second kappa shape index (κ2) is 7.21. The molecule has 0 saturated heterocycles. The Hall–Kier alpha value is -2.45. The van der Waals surface area contributed by atoms with Gasteiger partial charge in [0.15, 0.2) is 29.1 Å². The van der Waals surface area contributed by atoms with E-state index < -0.39 is 57.7 Å². The number of carbonyl (C=O) groups excluding carboxylic acids is 2. The van der Waals surface area contributed by atoms with Gasteiger partial charge in [0.25, 0.3) is 0 Å². The van der Waals surface area contributed by atoms with Crippen molar-refractivity contribution in [1.29, 1.82) is 0 Å². The zero-order valence-corrected chi connectivity index (χ0v) is 12.0. The molecule has 0 aliphatic rings. The Morgan fingerprint density at radius 3 is 1.74 bits per heavy atom. The zero-order valence-electron chi connectivity index (χ0n) is 12.0. The summed E-state index contributed by atoms with van der Waals surface area (Å²) >= 11 is 0. The number of hydrogen-bond donors (Lipinski definition) is 1. The van der Waals surface area contributed by atoms with Crippen LogP contribution in [0, 0.1) is 29.1 Å². The van der Waals surface area contributed by atoms with Gasteiger partial charge in [-0.1, -0.05) is 6.92 Å². The minimum atomic E-state index is -2.43. The number of halogens is 5. The van der Waals surface area contributed by atoms with Crippen molar-refractivity contribution in [2.75, 3.05) is 6.61 Å². The van der Waals surface area contributed by atoms with Crippen LogP contribution in [0.2, 0.25) is 0 Å². The Bertz CT molecular complexity index is 668. The van der Waals surface area contributed by atoms with Crippen molar-refractivity contribution >= 4 is 17.5 Å². The molecule has 0 radical (unpaired) electrons. The van der Waals surface area contributed by atoms with E-state index in [1.165, 1.54) is 13.8 Å². The summed E-state index contributed by atoms with van der Waals surface area (Å²) in [5, 5.41) is 9.80. The van der Waals surface area contributed by atoms with Gasteiger partial charge in [-0.15, -0.1) is 0 Å². The fourth-order valence-corrected chi connectivity index (χ4v) is 1.66. The lowest BCUT2D eigenvalue weighted by molar-refractivity contribution is -0.140. The van der Waals surface area contributed by atoms with Crippen molar-refractivity contribution in [3.63, 3.8) is 0 Å². The quantitative estimate of drug-likeness (QED) is 0.131. The highest BCUT2D eigenvalue weighted by Crippen LogP contribution is 2.29. The van der Waals surface area contributed by atoms with E-state index in [1.807, 2.05) is 0 Å². The van der Waals surface area contributed by atoms with Gasteiger partial charge in [0, 0.05) is 6.42 Å². The molecule has 1 rings (SSSR count). The first-order valence-corrected chi connectivity index (χ1v) is 6.34.